The van der Waals surface area contributed by atoms with E-state index < -0.39 is 17.9 Å². The van der Waals surface area contributed by atoms with Gasteiger partial charge in [0.15, 0.2) is 0 Å². The van der Waals surface area contributed by atoms with Crippen molar-refractivity contribution >= 4 is 23.5 Å². The van der Waals surface area contributed by atoms with Gasteiger partial charge >= 0.3 is 11.9 Å². The highest BCUT2D eigenvalue weighted by Gasteiger charge is 2.35. The zero-order valence-electron chi connectivity index (χ0n) is 16.7. The highest BCUT2D eigenvalue weighted by Crippen LogP contribution is 2.37. The van der Waals surface area contributed by atoms with Gasteiger partial charge in [-0.05, 0) is 29.8 Å². The number of carbonyl (C=O) groups excluding carboxylic acids is 2. The monoisotopic (exact) mass is 427 g/mol. The van der Waals surface area contributed by atoms with E-state index in [1.807, 2.05) is 30.3 Å². The van der Waals surface area contributed by atoms with Gasteiger partial charge in [0.1, 0.15) is 12.4 Å². The second-order valence-corrected chi connectivity index (χ2v) is 6.97. The van der Waals surface area contributed by atoms with Crippen LogP contribution in [-0.4, -0.2) is 44.2 Å². The van der Waals surface area contributed by atoms with Gasteiger partial charge in [-0.1, -0.05) is 41.9 Å². The molecule has 0 N–H and O–H groups in total. The molecule has 0 fully saturated rings. The lowest BCUT2D eigenvalue weighted by Gasteiger charge is -2.30. The molecule has 3 rings (SSSR count). The molecule has 0 saturated heterocycles. The molecule has 30 heavy (non-hydrogen) atoms. The Morgan fingerprint density at radius 3 is 2.00 bits per heavy atom. The lowest BCUT2D eigenvalue weighted by Crippen LogP contribution is -2.30. The summed E-state index contributed by atoms with van der Waals surface area (Å²) in [4.78, 5) is 26.9. The number of carbonyl (C=O) groups is 2. The topological polar surface area (TPSA) is 65.1 Å². The first kappa shape index (κ1) is 21.5. The molecule has 2 aromatic rings. The summed E-state index contributed by atoms with van der Waals surface area (Å²) in [5, 5.41) is 0.557. The van der Waals surface area contributed by atoms with E-state index in [2.05, 4.69) is 0 Å². The first-order chi connectivity index (χ1) is 14.5. The van der Waals surface area contributed by atoms with Gasteiger partial charge in [-0.3, -0.25) is 0 Å². The van der Waals surface area contributed by atoms with Crippen molar-refractivity contribution in [2.75, 3.05) is 27.4 Å². The number of halogens is 1. The molecule has 0 bridgehead atoms. The maximum Gasteiger partial charge on any atom is 0.336 e. The smallest absolute Gasteiger partial charge is 0.336 e. The Balaban J connectivity index is 1.89. The molecule has 7 heteroatoms. The van der Waals surface area contributed by atoms with E-state index in [9.17, 15) is 9.59 Å². The minimum Gasteiger partial charge on any atom is -0.492 e. The van der Waals surface area contributed by atoms with Crippen molar-refractivity contribution in [3.63, 3.8) is 0 Å². The summed E-state index contributed by atoms with van der Waals surface area (Å²) in [6.07, 6.45) is 3.35. The molecule has 0 spiro atoms. The molecule has 2 aromatic carbocycles. The molecule has 0 saturated carbocycles. The second-order valence-electron chi connectivity index (χ2n) is 6.54. The Morgan fingerprint density at radius 2 is 1.47 bits per heavy atom. The number of hydrogen-bond donors (Lipinski definition) is 0. The van der Waals surface area contributed by atoms with Crippen molar-refractivity contribution in [1.29, 1.82) is 0 Å². The maximum absolute atomic E-state index is 12.6. The first-order valence-corrected chi connectivity index (χ1v) is 9.70. The molecule has 0 unspecified atom stereocenters. The average molecular weight is 428 g/mol. The Bertz CT molecular complexity index is 919. The number of esters is 2. The van der Waals surface area contributed by atoms with Crippen LogP contribution < -0.4 is 4.74 Å². The minimum absolute atomic E-state index is 0.322. The van der Waals surface area contributed by atoms with Gasteiger partial charge in [0.2, 0.25) is 0 Å². The first-order valence-electron chi connectivity index (χ1n) is 9.32. The molecule has 156 valence electrons. The molecule has 6 nitrogen and oxygen atoms in total. The zero-order chi connectivity index (χ0) is 21.5. The maximum atomic E-state index is 12.6. The summed E-state index contributed by atoms with van der Waals surface area (Å²) in [5.41, 5.74) is 1.37. The summed E-state index contributed by atoms with van der Waals surface area (Å²) in [5.74, 6) is -0.951. The zero-order valence-corrected chi connectivity index (χ0v) is 17.5. The van der Waals surface area contributed by atoms with Crippen LogP contribution in [0.3, 0.4) is 0 Å². The van der Waals surface area contributed by atoms with E-state index in [0.29, 0.717) is 29.3 Å². The van der Waals surface area contributed by atoms with Crippen molar-refractivity contribution in [3.05, 3.63) is 88.7 Å². The third-order valence-corrected chi connectivity index (χ3v) is 4.89. The van der Waals surface area contributed by atoms with Gasteiger partial charge in [-0.25, -0.2) is 9.59 Å². The summed E-state index contributed by atoms with van der Waals surface area (Å²) >= 11 is 6.00. The van der Waals surface area contributed by atoms with Gasteiger partial charge in [-0.2, -0.15) is 0 Å². The van der Waals surface area contributed by atoms with Crippen LogP contribution in [0.15, 0.2) is 78.1 Å². The largest absolute Gasteiger partial charge is 0.492 e. The van der Waals surface area contributed by atoms with Crippen LogP contribution in [0.5, 0.6) is 5.75 Å². The molecule has 0 radical (unpaired) electrons. The van der Waals surface area contributed by atoms with Crippen molar-refractivity contribution in [2.24, 2.45) is 0 Å². The predicted molar refractivity (Wildman–Crippen MR) is 113 cm³/mol. The Hall–Kier alpha value is -3.25. The quantitative estimate of drug-likeness (QED) is 0.624. The third-order valence-electron chi connectivity index (χ3n) is 4.64. The second kappa shape index (κ2) is 9.98. The summed E-state index contributed by atoms with van der Waals surface area (Å²) < 4.78 is 15.7. The summed E-state index contributed by atoms with van der Waals surface area (Å²) in [7, 11) is 2.61. The lowest BCUT2D eigenvalue weighted by molar-refractivity contribution is -0.137. The molecular formula is C23H22ClNO5. The molecule has 0 aliphatic carbocycles. The van der Waals surface area contributed by atoms with Crippen LogP contribution in [0.25, 0.3) is 0 Å². The number of nitrogens with zero attached hydrogens (tertiary/aromatic N) is 1. The standard InChI is InChI=1S/C23H22ClNO5/c1-28-22(26)19-14-25(12-13-30-18-6-4-3-5-7-18)15-20(23(27)29-2)21(19)16-8-10-17(24)11-9-16/h3-11,14-15,21H,12-13H2,1-2H3. The predicted octanol–water partition coefficient (Wildman–Crippen LogP) is 3.93. The van der Waals surface area contributed by atoms with Gasteiger partial charge in [-0.15, -0.1) is 0 Å². The Kier molecular flexibility index (Phi) is 7.14. The van der Waals surface area contributed by atoms with Crippen molar-refractivity contribution in [1.82, 2.24) is 4.90 Å². The highest BCUT2D eigenvalue weighted by atomic mass is 35.5. The lowest BCUT2D eigenvalue weighted by atomic mass is 9.83. The van der Waals surface area contributed by atoms with Crippen LogP contribution in [0.4, 0.5) is 0 Å². The van der Waals surface area contributed by atoms with Crippen molar-refractivity contribution in [3.8, 4) is 5.75 Å². The van der Waals surface area contributed by atoms with Gasteiger partial charge in [0, 0.05) is 17.4 Å². The Labute approximate surface area is 180 Å². The van der Waals surface area contributed by atoms with E-state index in [1.54, 1.807) is 41.6 Å². The average Bonchev–Trinajstić information content (AvgIpc) is 2.78. The van der Waals surface area contributed by atoms with E-state index in [-0.39, 0.29) is 0 Å². The molecular weight excluding hydrogens is 406 g/mol. The summed E-state index contributed by atoms with van der Waals surface area (Å²) in [6, 6.07) is 16.4. The molecule has 0 aromatic heterocycles. The fraction of sp³-hybridized carbons (Fsp3) is 0.217. The van der Waals surface area contributed by atoms with Crippen LogP contribution >= 0.6 is 11.6 Å². The van der Waals surface area contributed by atoms with Gasteiger partial charge in [0.05, 0.1) is 37.8 Å². The SMILES string of the molecule is COC(=O)C1=CN(CCOc2ccccc2)C=C(C(=O)OC)C1c1ccc(Cl)cc1. The molecule has 1 aliphatic rings. The van der Waals surface area contributed by atoms with Crippen molar-refractivity contribution in [2.45, 2.75) is 5.92 Å². The normalized spacial score (nSPS) is 13.9. The van der Waals surface area contributed by atoms with E-state index in [4.69, 9.17) is 25.8 Å². The Morgan fingerprint density at radius 1 is 0.900 bits per heavy atom. The molecule has 1 aliphatic heterocycles. The van der Waals surface area contributed by atoms with Crippen LogP contribution in [0.2, 0.25) is 5.02 Å². The number of ether oxygens (including phenoxy) is 3. The highest BCUT2D eigenvalue weighted by molar-refractivity contribution is 6.30. The summed E-state index contributed by atoms with van der Waals surface area (Å²) in [6.45, 7) is 0.773. The molecule has 0 amide bonds. The van der Waals surface area contributed by atoms with Gasteiger partial charge < -0.3 is 19.1 Å². The van der Waals surface area contributed by atoms with Crippen LogP contribution in [0, 0.1) is 0 Å². The van der Waals surface area contributed by atoms with Crippen LogP contribution in [-0.2, 0) is 19.1 Å². The van der Waals surface area contributed by atoms with Gasteiger partial charge in [0.25, 0.3) is 0 Å². The third kappa shape index (κ3) is 5.02. The fourth-order valence-electron chi connectivity index (χ4n) is 3.22. The van der Waals surface area contributed by atoms with Crippen molar-refractivity contribution < 1.29 is 23.8 Å². The number of hydrogen-bond acceptors (Lipinski definition) is 6. The minimum atomic E-state index is -0.631. The van der Waals surface area contributed by atoms with E-state index in [0.717, 1.165) is 11.3 Å². The van der Waals surface area contributed by atoms with Crippen LogP contribution in [0.1, 0.15) is 11.5 Å². The molecule has 1 heterocycles. The number of benzene rings is 2. The molecule has 0 atom stereocenters. The number of para-hydroxylation sites is 1. The number of rotatable bonds is 7. The van der Waals surface area contributed by atoms with E-state index >= 15 is 0 Å². The fourth-order valence-corrected chi connectivity index (χ4v) is 3.34. The number of methoxy groups -OCH3 is 2. The van der Waals surface area contributed by atoms with E-state index in [1.165, 1.54) is 14.2 Å².